The predicted molar refractivity (Wildman–Crippen MR) is 143 cm³/mol. The maximum absolute atomic E-state index is 13.0. The summed E-state index contributed by atoms with van der Waals surface area (Å²) < 4.78 is 78.3. The molecule has 4 rings (SSSR count). The Morgan fingerprint density at radius 1 is 0.878 bits per heavy atom. The van der Waals surface area contributed by atoms with Crippen LogP contribution in [0, 0.1) is 0 Å². The molecule has 0 spiro atoms. The van der Waals surface area contributed by atoms with Crippen molar-refractivity contribution in [3.63, 3.8) is 0 Å². The molecule has 12 heteroatoms. The Bertz CT molecular complexity index is 1370. The monoisotopic (exact) mass is 595 g/mol. The summed E-state index contributed by atoms with van der Waals surface area (Å²) in [6, 6.07) is 10.1. The lowest BCUT2D eigenvalue weighted by atomic mass is 9.95. The number of allylic oxidation sites excluding steroid dienone is 2. The number of halogens is 7. The summed E-state index contributed by atoms with van der Waals surface area (Å²) in [4.78, 5) is 20.6. The van der Waals surface area contributed by atoms with Gasteiger partial charge in [0.25, 0.3) is 0 Å². The Balaban J connectivity index is 1.51. The van der Waals surface area contributed by atoms with Crippen LogP contribution in [0.5, 0.6) is 0 Å². The number of carbonyl (C=O) groups is 1. The zero-order valence-corrected chi connectivity index (χ0v) is 22.1. The van der Waals surface area contributed by atoms with Gasteiger partial charge in [-0.2, -0.15) is 26.3 Å². The molecule has 0 unspecified atom stereocenters. The largest absolute Gasteiger partial charge is 0.416 e. The van der Waals surface area contributed by atoms with Gasteiger partial charge >= 0.3 is 12.4 Å². The van der Waals surface area contributed by atoms with Crippen LogP contribution in [0.2, 0.25) is 5.02 Å². The van der Waals surface area contributed by atoms with E-state index in [1.807, 2.05) is 4.90 Å². The maximum Gasteiger partial charge on any atom is 0.416 e. The third-order valence-corrected chi connectivity index (χ3v) is 6.78. The van der Waals surface area contributed by atoms with Crippen LogP contribution in [0.3, 0.4) is 0 Å². The molecule has 2 heterocycles. The third kappa shape index (κ3) is 7.47. The molecular formula is C29H24ClF6N3O2. The number of piperazine rings is 1. The van der Waals surface area contributed by atoms with Crippen molar-refractivity contribution in [3.05, 3.63) is 112 Å². The SMILES string of the molecule is O=C(/C=C/C=C(c1ccc(C(F)(F)F)cc1)c1ccc(C(F)(F)F)cc1)N1CCN(c2ncc(CO)cc2Cl)CC1. The molecule has 0 bridgehead atoms. The van der Waals surface area contributed by atoms with Gasteiger partial charge in [-0.05, 0) is 52.6 Å². The first-order valence-corrected chi connectivity index (χ1v) is 12.8. The molecule has 1 aliphatic rings. The predicted octanol–water partition coefficient (Wildman–Crippen LogP) is 6.60. The molecule has 1 amide bonds. The number of hydrogen-bond acceptors (Lipinski definition) is 4. The van der Waals surface area contributed by atoms with Crippen LogP contribution < -0.4 is 4.90 Å². The van der Waals surface area contributed by atoms with E-state index in [1.54, 1.807) is 11.0 Å². The topological polar surface area (TPSA) is 56.7 Å². The molecule has 1 saturated heterocycles. The van der Waals surface area contributed by atoms with Gasteiger partial charge < -0.3 is 14.9 Å². The second-order valence-corrected chi connectivity index (χ2v) is 9.62. The Kier molecular flexibility index (Phi) is 9.08. The van der Waals surface area contributed by atoms with Gasteiger partial charge in [-0.15, -0.1) is 0 Å². The lowest BCUT2D eigenvalue weighted by molar-refractivity contribution is -0.138. The minimum atomic E-state index is -4.54. The number of benzene rings is 2. The molecule has 0 radical (unpaired) electrons. The van der Waals surface area contributed by atoms with Gasteiger partial charge in [0, 0.05) is 38.5 Å². The van der Waals surface area contributed by atoms with Crippen molar-refractivity contribution < 1.29 is 36.2 Å². The van der Waals surface area contributed by atoms with E-state index in [0.717, 1.165) is 24.3 Å². The molecule has 1 N–H and O–H groups in total. The van der Waals surface area contributed by atoms with Crippen LogP contribution in [0.15, 0.2) is 79.0 Å². The van der Waals surface area contributed by atoms with E-state index in [-0.39, 0.29) is 12.5 Å². The first kappa shape index (κ1) is 30.1. The molecule has 216 valence electrons. The Morgan fingerprint density at radius 3 is 1.83 bits per heavy atom. The van der Waals surface area contributed by atoms with Crippen molar-refractivity contribution >= 4 is 28.9 Å². The highest BCUT2D eigenvalue weighted by atomic mass is 35.5. The number of aliphatic hydroxyl groups is 1. The molecule has 1 aliphatic heterocycles. The average molecular weight is 596 g/mol. The van der Waals surface area contributed by atoms with Crippen LogP contribution in [-0.2, 0) is 23.8 Å². The maximum atomic E-state index is 13.0. The Morgan fingerprint density at radius 2 is 1.39 bits per heavy atom. The lowest BCUT2D eigenvalue weighted by Crippen LogP contribution is -2.48. The second-order valence-electron chi connectivity index (χ2n) is 9.21. The van der Waals surface area contributed by atoms with Crippen molar-refractivity contribution in [2.45, 2.75) is 19.0 Å². The molecule has 41 heavy (non-hydrogen) atoms. The molecule has 1 aromatic heterocycles. The number of pyridine rings is 1. The summed E-state index contributed by atoms with van der Waals surface area (Å²) in [6.45, 7) is 1.48. The molecule has 0 aliphatic carbocycles. The number of aliphatic hydroxyl groups excluding tert-OH is 1. The van der Waals surface area contributed by atoms with Crippen LogP contribution in [-0.4, -0.2) is 47.1 Å². The fourth-order valence-corrected chi connectivity index (χ4v) is 4.61. The van der Waals surface area contributed by atoms with Gasteiger partial charge in [0.2, 0.25) is 5.91 Å². The number of hydrogen-bond donors (Lipinski definition) is 1. The molecular weight excluding hydrogens is 572 g/mol. The smallest absolute Gasteiger partial charge is 0.392 e. The van der Waals surface area contributed by atoms with E-state index in [0.29, 0.717) is 59.3 Å². The number of carbonyl (C=O) groups excluding carboxylic acids is 1. The molecule has 1 fully saturated rings. The van der Waals surface area contributed by atoms with E-state index in [2.05, 4.69) is 4.98 Å². The van der Waals surface area contributed by atoms with Crippen molar-refractivity contribution in [2.75, 3.05) is 31.1 Å². The van der Waals surface area contributed by atoms with Crippen LogP contribution in [0.4, 0.5) is 32.2 Å². The average Bonchev–Trinajstić information content (AvgIpc) is 2.94. The van der Waals surface area contributed by atoms with E-state index < -0.39 is 23.5 Å². The van der Waals surface area contributed by atoms with E-state index in [4.69, 9.17) is 11.6 Å². The normalized spacial score (nSPS) is 14.4. The quantitative estimate of drug-likeness (QED) is 0.198. The number of amides is 1. The number of aromatic nitrogens is 1. The van der Waals surface area contributed by atoms with Crippen LogP contribution in [0.1, 0.15) is 27.8 Å². The molecule has 0 saturated carbocycles. The number of nitrogens with zero attached hydrogens (tertiary/aromatic N) is 3. The highest BCUT2D eigenvalue weighted by Crippen LogP contribution is 2.34. The Labute approximate surface area is 237 Å². The highest BCUT2D eigenvalue weighted by Gasteiger charge is 2.31. The van der Waals surface area contributed by atoms with E-state index >= 15 is 0 Å². The molecule has 5 nitrogen and oxygen atoms in total. The van der Waals surface area contributed by atoms with Gasteiger partial charge in [-0.1, -0.05) is 48.0 Å². The Hall–Kier alpha value is -3.83. The number of rotatable bonds is 6. The van der Waals surface area contributed by atoms with Gasteiger partial charge in [-0.3, -0.25) is 4.79 Å². The summed E-state index contributed by atoms with van der Waals surface area (Å²) >= 11 is 6.28. The van der Waals surface area contributed by atoms with Crippen molar-refractivity contribution in [3.8, 4) is 0 Å². The number of anilines is 1. The van der Waals surface area contributed by atoms with Crippen LogP contribution in [0.25, 0.3) is 5.57 Å². The summed E-state index contributed by atoms with van der Waals surface area (Å²) in [7, 11) is 0. The standard InChI is InChI=1S/C29H24ClF6N3O2/c30-25-16-19(18-40)17-37-27(25)39-14-12-38(13-15-39)26(41)3-1-2-24(20-4-8-22(9-5-20)28(31,32)33)21-6-10-23(11-7-21)29(34,35)36/h1-11,16-17,40H,12-15,18H2/b3-1+. The van der Waals surface area contributed by atoms with E-state index in [1.165, 1.54) is 48.7 Å². The minimum absolute atomic E-state index is 0.185. The molecule has 2 aromatic carbocycles. The zero-order valence-electron chi connectivity index (χ0n) is 21.4. The summed E-state index contributed by atoms with van der Waals surface area (Å²) in [5.74, 6) is 0.238. The van der Waals surface area contributed by atoms with Crippen molar-refractivity contribution in [1.82, 2.24) is 9.88 Å². The zero-order chi connectivity index (χ0) is 29.8. The van der Waals surface area contributed by atoms with Gasteiger partial charge in [0.05, 0.1) is 22.8 Å². The molecule has 3 aromatic rings. The lowest BCUT2D eigenvalue weighted by Gasteiger charge is -2.35. The fraction of sp³-hybridized carbons (Fsp3) is 0.241. The van der Waals surface area contributed by atoms with Gasteiger partial charge in [0.1, 0.15) is 5.82 Å². The summed E-state index contributed by atoms with van der Waals surface area (Å²) in [6.07, 6.45) is -3.37. The highest BCUT2D eigenvalue weighted by molar-refractivity contribution is 6.33. The first-order valence-electron chi connectivity index (χ1n) is 12.4. The first-order chi connectivity index (χ1) is 19.4. The fourth-order valence-electron chi connectivity index (χ4n) is 4.30. The van der Waals surface area contributed by atoms with Crippen LogP contribution >= 0.6 is 11.6 Å². The third-order valence-electron chi connectivity index (χ3n) is 6.50. The van der Waals surface area contributed by atoms with Crippen molar-refractivity contribution in [1.29, 1.82) is 0 Å². The molecule has 0 atom stereocenters. The summed E-state index contributed by atoms with van der Waals surface area (Å²) in [5, 5.41) is 9.61. The minimum Gasteiger partial charge on any atom is -0.392 e. The van der Waals surface area contributed by atoms with Crippen molar-refractivity contribution in [2.24, 2.45) is 0 Å². The second kappa shape index (κ2) is 12.4. The van der Waals surface area contributed by atoms with Gasteiger partial charge in [-0.25, -0.2) is 4.98 Å². The van der Waals surface area contributed by atoms with E-state index in [9.17, 15) is 36.2 Å². The van der Waals surface area contributed by atoms with Gasteiger partial charge in [0.15, 0.2) is 0 Å². The summed E-state index contributed by atoms with van der Waals surface area (Å²) in [5.41, 5.74) is -0.136. The number of alkyl halides is 6.